The summed E-state index contributed by atoms with van der Waals surface area (Å²) in [5.41, 5.74) is 0.0490. The van der Waals surface area contributed by atoms with Gasteiger partial charge in [-0.3, -0.25) is 0 Å². The van der Waals surface area contributed by atoms with Crippen molar-refractivity contribution < 1.29 is 4.74 Å². The van der Waals surface area contributed by atoms with Crippen molar-refractivity contribution in [2.24, 2.45) is 5.92 Å². The standard InChI is InChI=1S/C9H19NO.ClH/c1-9(2,11-3)8-5-4-6-10-7-8;/h8,10H,4-7H2,1-3H3;1H/t8-;/m1./s1. The van der Waals surface area contributed by atoms with Crippen molar-refractivity contribution in [3.8, 4) is 0 Å². The molecule has 1 saturated heterocycles. The zero-order valence-corrected chi connectivity index (χ0v) is 9.04. The van der Waals surface area contributed by atoms with Gasteiger partial charge in [0.05, 0.1) is 5.60 Å². The Kier molecular flexibility index (Phi) is 5.14. The molecule has 0 aliphatic carbocycles. The first-order chi connectivity index (χ1) is 5.17. The van der Waals surface area contributed by atoms with Gasteiger partial charge in [0.2, 0.25) is 0 Å². The average molecular weight is 194 g/mol. The van der Waals surface area contributed by atoms with Crippen LogP contribution in [0.3, 0.4) is 0 Å². The number of halogens is 1. The monoisotopic (exact) mass is 193 g/mol. The minimum atomic E-state index is 0. The lowest BCUT2D eigenvalue weighted by Gasteiger charge is -2.36. The van der Waals surface area contributed by atoms with E-state index in [1.165, 1.54) is 19.4 Å². The van der Waals surface area contributed by atoms with Gasteiger partial charge in [0, 0.05) is 13.7 Å². The summed E-state index contributed by atoms with van der Waals surface area (Å²) in [5, 5.41) is 3.40. The summed E-state index contributed by atoms with van der Waals surface area (Å²) in [7, 11) is 1.80. The Morgan fingerprint density at radius 3 is 2.50 bits per heavy atom. The Bertz CT molecular complexity index is 122. The van der Waals surface area contributed by atoms with Gasteiger partial charge in [-0.05, 0) is 39.2 Å². The summed E-state index contributed by atoms with van der Waals surface area (Å²) in [4.78, 5) is 0. The largest absolute Gasteiger partial charge is 0.378 e. The summed E-state index contributed by atoms with van der Waals surface area (Å²) in [6.45, 7) is 6.63. The molecule has 1 heterocycles. The summed E-state index contributed by atoms with van der Waals surface area (Å²) in [6.07, 6.45) is 2.59. The normalized spacial score (nSPS) is 24.8. The van der Waals surface area contributed by atoms with Crippen LogP contribution in [0.5, 0.6) is 0 Å². The average Bonchev–Trinajstić information content (AvgIpc) is 2.06. The van der Waals surface area contributed by atoms with Gasteiger partial charge in [-0.25, -0.2) is 0 Å². The second-order valence-electron chi connectivity index (χ2n) is 3.85. The van der Waals surface area contributed by atoms with Crippen LogP contribution in [0.1, 0.15) is 26.7 Å². The molecule has 1 atom stereocenters. The molecule has 0 radical (unpaired) electrons. The van der Waals surface area contributed by atoms with E-state index in [0.717, 1.165) is 6.54 Å². The van der Waals surface area contributed by atoms with Crippen LogP contribution in [0.4, 0.5) is 0 Å². The molecule has 1 aliphatic heterocycles. The number of hydrogen-bond donors (Lipinski definition) is 1. The second-order valence-corrected chi connectivity index (χ2v) is 3.85. The minimum absolute atomic E-state index is 0. The quantitative estimate of drug-likeness (QED) is 0.723. The first-order valence-corrected chi connectivity index (χ1v) is 4.42. The molecule has 0 aromatic heterocycles. The van der Waals surface area contributed by atoms with E-state index >= 15 is 0 Å². The maximum Gasteiger partial charge on any atom is 0.0662 e. The highest BCUT2D eigenvalue weighted by Crippen LogP contribution is 2.25. The minimum Gasteiger partial charge on any atom is -0.378 e. The van der Waals surface area contributed by atoms with Crippen LogP contribution < -0.4 is 5.32 Å². The number of rotatable bonds is 2. The lowest BCUT2D eigenvalue weighted by molar-refractivity contribution is -0.0351. The van der Waals surface area contributed by atoms with E-state index in [-0.39, 0.29) is 18.0 Å². The van der Waals surface area contributed by atoms with Crippen molar-refractivity contribution in [3.05, 3.63) is 0 Å². The molecule has 2 nitrogen and oxygen atoms in total. The van der Waals surface area contributed by atoms with E-state index in [2.05, 4.69) is 19.2 Å². The van der Waals surface area contributed by atoms with E-state index < -0.39 is 0 Å². The van der Waals surface area contributed by atoms with Crippen LogP contribution >= 0.6 is 12.4 Å². The number of nitrogens with one attached hydrogen (secondary N) is 1. The van der Waals surface area contributed by atoms with E-state index in [4.69, 9.17) is 4.74 Å². The van der Waals surface area contributed by atoms with Crippen LogP contribution in [0, 0.1) is 5.92 Å². The van der Waals surface area contributed by atoms with Crippen LogP contribution in [0.25, 0.3) is 0 Å². The van der Waals surface area contributed by atoms with Gasteiger partial charge in [-0.1, -0.05) is 0 Å². The molecule has 0 spiro atoms. The zero-order valence-electron chi connectivity index (χ0n) is 8.22. The molecular weight excluding hydrogens is 174 g/mol. The van der Waals surface area contributed by atoms with Crippen molar-refractivity contribution in [2.75, 3.05) is 20.2 Å². The molecule has 0 saturated carbocycles. The summed E-state index contributed by atoms with van der Waals surface area (Å²) in [6, 6.07) is 0. The van der Waals surface area contributed by atoms with Gasteiger partial charge in [0.25, 0.3) is 0 Å². The van der Waals surface area contributed by atoms with E-state index in [1.807, 2.05) is 0 Å². The van der Waals surface area contributed by atoms with Crippen LogP contribution in [-0.4, -0.2) is 25.8 Å². The third-order valence-electron chi connectivity index (χ3n) is 2.81. The van der Waals surface area contributed by atoms with Crippen LogP contribution in [0.15, 0.2) is 0 Å². The lowest BCUT2D eigenvalue weighted by atomic mass is 9.85. The molecule has 0 unspecified atom stereocenters. The molecule has 1 rings (SSSR count). The lowest BCUT2D eigenvalue weighted by Crippen LogP contribution is -2.43. The Morgan fingerprint density at radius 2 is 2.08 bits per heavy atom. The molecule has 1 aliphatic rings. The molecule has 1 N–H and O–H groups in total. The number of piperidine rings is 1. The van der Waals surface area contributed by atoms with E-state index in [9.17, 15) is 0 Å². The van der Waals surface area contributed by atoms with Gasteiger partial charge in [-0.2, -0.15) is 0 Å². The number of hydrogen-bond acceptors (Lipinski definition) is 2. The highest BCUT2D eigenvalue weighted by molar-refractivity contribution is 5.85. The van der Waals surface area contributed by atoms with E-state index in [1.54, 1.807) is 7.11 Å². The van der Waals surface area contributed by atoms with Crippen molar-refractivity contribution >= 4 is 12.4 Å². The second kappa shape index (κ2) is 5.05. The highest BCUT2D eigenvalue weighted by Gasteiger charge is 2.29. The maximum atomic E-state index is 5.44. The molecule has 1 fully saturated rings. The van der Waals surface area contributed by atoms with Crippen molar-refractivity contribution in [3.63, 3.8) is 0 Å². The molecular formula is C9H20ClNO. The fourth-order valence-corrected chi connectivity index (χ4v) is 1.61. The SMILES string of the molecule is COC(C)(C)[C@@H]1CCCNC1.Cl. The molecule has 0 bridgehead atoms. The Balaban J connectivity index is 0.00000121. The molecule has 0 aromatic rings. The number of ether oxygens (including phenoxy) is 1. The van der Waals surface area contributed by atoms with Crippen molar-refractivity contribution in [1.29, 1.82) is 0 Å². The molecule has 0 amide bonds. The molecule has 3 heteroatoms. The molecule has 12 heavy (non-hydrogen) atoms. The Morgan fingerprint density at radius 1 is 1.42 bits per heavy atom. The smallest absolute Gasteiger partial charge is 0.0662 e. The molecule has 0 aromatic carbocycles. The summed E-state index contributed by atoms with van der Waals surface area (Å²) in [5.74, 6) is 0.682. The van der Waals surface area contributed by atoms with Crippen molar-refractivity contribution in [2.45, 2.75) is 32.3 Å². The number of methoxy groups -OCH3 is 1. The summed E-state index contributed by atoms with van der Waals surface area (Å²) < 4.78 is 5.44. The van der Waals surface area contributed by atoms with E-state index in [0.29, 0.717) is 5.92 Å². The van der Waals surface area contributed by atoms with Crippen LogP contribution in [-0.2, 0) is 4.74 Å². The summed E-state index contributed by atoms with van der Waals surface area (Å²) >= 11 is 0. The first-order valence-electron chi connectivity index (χ1n) is 4.42. The fourth-order valence-electron chi connectivity index (χ4n) is 1.61. The van der Waals surface area contributed by atoms with Gasteiger partial charge in [0.15, 0.2) is 0 Å². The van der Waals surface area contributed by atoms with Gasteiger partial charge >= 0.3 is 0 Å². The topological polar surface area (TPSA) is 21.3 Å². The predicted molar refractivity (Wildman–Crippen MR) is 53.9 cm³/mol. The third kappa shape index (κ3) is 2.92. The van der Waals surface area contributed by atoms with Crippen LogP contribution in [0.2, 0.25) is 0 Å². The fraction of sp³-hybridized carbons (Fsp3) is 1.00. The Hall–Kier alpha value is 0.210. The Labute approximate surface area is 81.5 Å². The third-order valence-corrected chi connectivity index (χ3v) is 2.81. The van der Waals surface area contributed by atoms with Gasteiger partial charge in [0.1, 0.15) is 0 Å². The first kappa shape index (κ1) is 12.2. The van der Waals surface area contributed by atoms with Gasteiger partial charge in [-0.15, -0.1) is 12.4 Å². The predicted octanol–water partition coefficient (Wildman–Crippen LogP) is 1.83. The maximum absolute atomic E-state index is 5.44. The highest BCUT2D eigenvalue weighted by atomic mass is 35.5. The van der Waals surface area contributed by atoms with Crippen molar-refractivity contribution in [1.82, 2.24) is 5.32 Å². The molecule has 74 valence electrons. The zero-order chi connectivity index (χ0) is 8.32. The van der Waals surface area contributed by atoms with Gasteiger partial charge < -0.3 is 10.1 Å².